The highest BCUT2D eigenvalue weighted by Gasteiger charge is 2.22. The second-order valence-corrected chi connectivity index (χ2v) is 6.03. The van der Waals surface area contributed by atoms with Crippen LogP contribution in [0, 0.1) is 0 Å². The van der Waals surface area contributed by atoms with Crippen molar-refractivity contribution in [2.24, 2.45) is 0 Å². The Morgan fingerprint density at radius 1 is 1.33 bits per heavy atom. The van der Waals surface area contributed by atoms with Crippen molar-refractivity contribution < 1.29 is 13.9 Å². The van der Waals surface area contributed by atoms with Crippen molar-refractivity contribution in [2.45, 2.75) is 13.5 Å². The van der Waals surface area contributed by atoms with Crippen LogP contribution in [0.1, 0.15) is 12.8 Å². The van der Waals surface area contributed by atoms with Gasteiger partial charge in [0.2, 0.25) is 5.89 Å². The second kappa shape index (κ2) is 7.68. The standard InChI is InChI=1S/C17H20ClN3O3/c1-2-23-17(22)21-8-6-20(7-9-21)12-16-19-11-15(24-16)13-4-3-5-14(18)10-13/h3-5,10-11H,2,6-9,12H2,1H3. The largest absolute Gasteiger partial charge is 0.450 e. The van der Waals surface area contributed by atoms with Crippen molar-refractivity contribution in [1.29, 1.82) is 0 Å². The molecule has 1 fully saturated rings. The molecule has 6 nitrogen and oxygen atoms in total. The molecule has 2 aromatic rings. The molecule has 1 aromatic heterocycles. The average molecular weight is 350 g/mol. The van der Waals surface area contributed by atoms with Crippen LogP contribution in [0.3, 0.4) is 0 Å². The molecule has 0 atom stereocenters. The number of rotatable bonds is 4. The molecule has 24 heavy (non-hydrogen) atoms. The highest BCUT2D eigenvalue weighted by Crippen LogP contribution is 2.24. The van der Waals surface area contributed by atoms with E-state index in [0.29, 0.717) is 42.9 Å². The number of oxazole rings is 1. The molecule has 1 aliphatic heterocycles. The van der Waals surface area contributed by atoms with E-state index < -0.39 is 0 Å². The van der Waals surface area contributed by atoms with Crippen LogP contribution in [-0.2, 0) is 11.3 Å². The van der Waals surface area contributed by atoms with Crippen LogP contribution in [-0.4, -0.2) is 53.7 Å². The number of aromatic nitrogens is 1. The first-order chi connectivity index (χ1) is 11.7. The average Bonchev–Trinajstić information content (AvgIpc) is 3.04. The normalized spacial score (nSPS) is 15.5. The van der Waals surface area contributed by atoms with Gasteiger partial charge in [0, 0.05) is 36.8 Å². The summed E-state index contributed by atoms with van der Waals surface area (Å²) in [6, 6.07) is 7.50. The molecule has 0 saturated carbocycles. The molecule has 0 N–H and O–H groups in total. The van der Waals surface area contributed by atoms with E-state index in [1.807, 2.05) is 31.2 Å². The van der Waals surface area contributed by atoms with Crippen molar-refractivity contribution in [2.75, 3.05) is 32.8 Å². The van der Waals surface area contributed by atoms with Gasteiger partial charge in [-0.2, -0.15) is 0 Å². The Bertz CT molecular complexity index is 696. The first-order valence-electron chi connectivity index (χ1n) is 8.00. The predicted molar refractivity (Wildman–Crippen MR) is 90.8 cm³/mol. The maximum Gasteiger partial charge on any atom is 0.409 e. The van der Waals surface area contributed by atoms with Gasteiger partial charge in [-0.25, -0.2) is 9.78 Å². The van der Waals surface area contributed by atoms with Crippen LogP contribution in [0.4, 0.5) is 4.79 Å². The van der Waals surface area contributed by atoms with Crippen molar-refractivity contribution in [3.05, 3.63) is 41.4 Å². The highest BCUT2D eigenvalue weighted by atomic mass is 35.5. The van der Waals surface area contributed by atoms with Gasteiger partial charge >= 0.3 is 6.09 Å². The molecule has 0 aliphatic carbocycles. The summed E-state index contributed by atoms with van der Waals surface area (Å²) in [6.07, 6.45) is 1.48. The fraction of sp³-hybridized carbons (Fsp3) is 0.412. The number of nitrogens with zero attached hydrogens (tertiary/aromatic N) is 3. The number of piperazine rings is 1. The van der Waals surface area contributed by atoms with Crippen LogP contribution in [0.25, 0.3) is 11.3 Å². The van der Waals surface area contributed by atoms with Gasteiger partial charge in [0.15, 0.2) is 5.76 Å². The third-order valence-corrected chi connectivity index (χ3v) is 4.15. The van der Waals surface area contributed by atoms with Crippen LogP contribution in [0.5, 0.6) is 0 Å². The summed E-state index contributed by atoms with van der Waals surface area (Å²) in [7, 11) is 0. The zero-order valence-electron chi connectivity index (χ0n) is 13.6. The van der Waals surface area contributed by atoms with E-state index in [9.17, 15) is 4.79 Å². The molecule has 1 aliphatic rings. The Balaban J connectivity index is 1.56. The molecule has 1 saturated heterocycles. The Morgan fingerprint density at radius 2 is 2.12 bits per heavy atom. The third-order valence-electron chi connectivity index (χ3n) is 3.92. The fourth-order valence-corrected chi connectivity index (χ4v) is 2.84. The SMILES string of the molecule is CCOC(=O)N1CCN(Cc2ncc(-c3cccc(Cl)c3)o2)CC1. The van der Waals surface area contributed by atoms with Crippen molar-refractivity contribution in [3.8, 4) is 11.3 Å². The lowest BCUT2D eigenvalue weighted by atomic mass is 10.2. The lowest BCUT2D eigenvalue weighted by Crippen LogP contribution is -2.48. The Hall–Kier alpha value is -2.05. The summed E-state index contributed by atoms with van der Waals surface area (Å²) in [6.45, 7) is 5.69. The first-order valence-corrected chi connectivity index (χ1v) is 8.38. The minimum absolute atomic E-state index is 0.239. The lowest BCUT2D eigenvalue weighted by molar-refractivity contribution is 0.0756. The lowest BCUT2D eigenvalue weighted by Gasteiger charge is -2.33. The number of ether oxygens (including phenoxy) is 1. The quantitative estimate of drug-likeness (QED) is 0.847. The van der Waals surface area contributed by atoms with Gasteiger partial charge in [-0.15, -0.1) is 0 Å². The maximum absolute atomic E-state index is 11.7. The van der Waals surface area contributed by atoms with Crippen molar-refractivity contribution >= 4 is 17.7 Å². The molecule has 128 valence electrons. The summed E-state index contributed by atoms with van der Waals surface area (Å²) in [5, 5.41) is 0.667. The monoisotopic (exact) mass is 349 g/mol. The molecule has 7 heteroatoms. The highest BCUT2D eigenvalue weighted by molar-refractivity contribution is 6.30. The van der Waals surface area contributed by atoms with Gasteiger partial charge in [-0.1, -0.05) is 23.7 Å². The van der Waals surface area contributed by atoms with Gasteiger partial charge in [-0.05, 0) is 19.1 Å². The molecule has 0 bridgehead atoms. The van der Waals surface area contributed by atoms with E-state index in [1.165, 1.54) is 0 Å². The molecule has 2 heterocycles. The molecule has 3 rings (SSSR count). The fourth-order valence-electron chi connectivity index (χ4n) is 2.65. The molecule has 1 amide bonds. The number of halogens is 1. The number of hydrogen-bond donors (Lipinski definition) is 0. The Labute approximate surface area is 146 Å². The zero-order chi connectivity index (χ0) is 16.9. The van der Waals surface area contributed by atoms with E-state index in [2.05, 4.69) is 9.88 Å². The molecular weight excluding hydrogens is 330 g/mol. The maximum atomic E-state index is 11.7. The van der Waals surface area contributed by atoms with Crippen molar-refractivity contribution in [1.82, 2.24) is 14.8 Å². The molecule has 0 unspecified atom stereocenters. The van der Waals surface area contributed by atoms with E-state index in [1.54, 1.807) is 11.1 Å². The first kappa shape index (κ1) is 16.8. The predicted octanol–water partition coefficient (Wildman–Crippen LogP) is 3.27. The minimum atomic E-state index is -0.239. The molecular formula is C17H20ClN3O3. The zero-order valence-corrected chi connectivity index (χ0v) is 14.3. The van der Waals surface area contributed by atoms with Crippen LogP contribution >= 0.6 is 11.6 Å². The number of hydrogen-bond acceptors (Lipinski definition) is 5. The topological polar surface area (TPSA) is 58.8 Å². The molecule has 0 spiro atoms. The van der Waals surface area contributed by atoms with Gasteiger partial charge in [0.25, 0.3) is 0 Å². The van der Waals surface area contributed by atoms with Gasteiger partial charge < -0.3 is 14.1 Å². The number of benzene rings is 1. The van der Waals surface area contributed by atoms with E-state index in [0.717, 1.165) is 18.7 Å². The summed E-state index contributed by atoms with van der Waals surface area (Å²) in [5.41, 5.74) is 0.911. The summed E-state index contributed by atoms with van der Waals surface area (Å²) in [5.74, 6) is 1.37. The molecule has 0 radical (unpaired) electrons. The van der Waals surface area contributed by atoms with Gasteiger partial charge in [-0.3, -0.25) is 4.90 Å². The van der Waals surface area contributed by atoms with E-state index in [4.69, 9.17) is 20.8 Å². The van der Waals surface area contributed by atoms with Crippen LogP contribution in [0.15, 0.2) is 34.9 Å². The van der Waals surface area contributed by atoms with E-state index in [-0.39, 0.29) is 6.09 Å². The summed E-state index contributed by atoms with van der Waals surface area (Å²) in [4.78, 5) is 20.0. The number of carbonyl (C=O) groups is 1. The van der Waals surface area contributed by atoms with E-state index >= 15 is 0 Å². The van der Waals surface area contributed by atoms with Crippen molar-refractivity contribution in [3.63, 3.8) is 0 Å². The number of carbonyl (C=O) groups excluding carboxylic acids is 1. The van der Waals surface area contributed by atoms with Crippen LogP contribution < -0.4 is 0 Å². The van der Waals surface area contributed by atoms with Crippen LogP contribution in [0.2, 0.25) is 5.02 Å². The third kappa shape index (κ3) is 4.07. The second-order valence-electron chi connectivity index (χ2n) is 5.59. The smallest absolute Gasteiger partial charge is 0.409 e. The minimum Gasteiger partial charge on any atom is -0.450 e. The molecule has 1 aromatic carbocycles. The Kier molecular flexibility index (Phi) is 5.37. The number of amides is 1. The van der Waals surface area contributed by atoms with Gasteiger partial charge in [0.1, 0.15) is 0 Å². The van der Waals surface area contributed by atoms with Gasteiger partial charge in [0.05, 0.1) is 19.3 Å². The summed E-state index contributed by atoms with van der Waals surface area (Å²) < 4.78 is 10.8. The Morgan fingerprint density at radius 3 is 2.83 bits per heavy atom. The summed E-state index contributed by atoms with van der Waals surface area (Å²) >= 11 is 6.01.